The molecule has 0 aliphatic carbocycles. The normalized spacial score (nSPS) is 11.2. The van der Waals surface area contributed by atoms with Crippen LogP contribution in [0.4, 0.5) is 4.39 Å². The number of H-pyrrole nitrogens is 1. The molecule has 0 bridgehead atoms. The van der Waals surface area contributed by atoms with Gasteiger partial charge in [-0.2, -0.15) is 0 Å². The molecule has 0 amide bonds. The summed E-state index contributed by atoms with van der Waals surface area (Å²) in [6, 6.07) is 9.20. The molecule has 2 heterocycles. The SMILES string of the molecule is C=CN=CCn1c(=O)c(=O)[nH]c2ccc(-c3ccc(F)cc3)nc21. The molecule has 120 valence electrons. The number of rotatable bonds is 4. The Labute approximate surface area is 135 Å². The van der Waals surface area contributed by atoms with Gasteiger partial charge in [0, 0.05) is 18.0 Å². The van der Waals surface area contributed by atoms with Crippen LogP contribution in [0.1, 0.15) is 0 Å². The molecule has 0 aliphatic heterocycles. The summed E-state index contributed by atoms with van der Waals surface area (Å²) < 4.78 is 14.3. The van der Waals surface area contributed by atoms with Crippen LogP contribution in [-0.4, -0.2) is 20.7 Å². The lowest BCUT2D eigenvalue weighted by molar-refractivity contribution is 0.628. The van der Waals surface area contributed by atoms with Crippen molar-refractivity contribution in [2.75, 3.05) is 0 Å². The van der Waals surface area contributed by atoms with E-state index in [1.165, 1.54) is 29.1 Å². The number of benzene rings is 1. The van der Waals surface area contributed by atoms with Crippen LogP contribution >= 0.6 is 0 Å². The second-order valence-electron chi connectivity index (χ2n) is 4.96. The largest absolute Gasteiger partial charge is 0.318 e. The van der Waals surface area contributed by atoms with E-state index in [1.807, 2.05) is 0 Å². The minimum Gasteiger partial charge on any atom is -0.315 e. The Bertz CT molecular complexity index is 1050. The maximum absolute atomic E-state index is 13.1. The van der Waals surface area contributed by atoms with Gasteiger partial charge in [0.2, 0.25) is 0 Å². The van der Waals surface area contributed by atoms with Crippen LogP contribution in [0.15, 0.2) is 63.8 Å². The van der Waals surface area contributed by atoms with E-state index in [1.54, 1.807) is 24.3 Å². The van der Waals surface area contributed by atoms with Crippen LogP contribution in [-0.2, 0) is 6.54 Å². The average Bonchev–Trinajstić information content (AvgIpc) is 2.59. The molecule has 0 radical (unpaired) electrons. The smallest absolute Gasteiger partial charge is 0.315 e. The fourth-order valence-corrected chi connectivity index (χ4v) is 2.30. The van der Waals surface area contributed by atoms with E-state index in [4.69, 9.17) is 0 Å². The van der Waals surface area contributed by atoms with Crippen molar-refractivity contribution in [2.45, 2.75) is 6.54 Å². The first-order valence-corrected chi connectivity index (χ1v) is 7.12. The van der Waals surface area contributed by atoms with E-state index in [0.29, 0.717) is 22.4 Å². The molecule has 0 saturated heterocycles. The predicted octanol–water partition coefficient (Wildman–Crippen LogP) is 2.11. The number of aliphatic imine (C=N–C) groups is 1. The number of hydrogen-bond acceptors (Lipinski definition) is 4. The van der Waals surface area contributed by atoms with Crippen molar-refractivity contribution in [2.24, 2.45) is 4.99 Å². The summed E-state index contributed by atoms with van der Waals surface area (Å²) in [6.07, 6.45) is 2.79. The molecule has 0 atom stereocenters. The lowest BCUT2D eigenvalue weighted by atomic mass is 10.1. The molecule has 1 N–H and O–H groups in total. The van der Waals surface area contributed by atoms with E-state index in [-0.39, 0.29) is 12.4 Å². The molecule has 24 heavy (non-hydrogen) atoms. The molecule has 3 aromatic rings. The standard InChI is InChI=1S/C17H13FN4O2/c1-2-19-9-10-22-15-14(21-16(23)17(22)24)8-7-13(20-15)11-3-5-12(18)6-4-11/h2-9H,1,10H2,(H,21,23). The van der Waals surface area contributed by atoms with Crippen molar-refractivity contribution >= 4 is 17.4 Å². The molecule has 1 aromatic carbocycles. The second-order valence-corrected chi connectivity index (χ2v) is 4.96. The molecule has 6 nitrogen and oxygen atoms in total. The van der Waals surface area contributed by atoms with Gasteiger partial charge in [0.25, 0.3) is 0 Å². The Balaban J connectivity index is 2.21. The molecular formula is C17H13FN4O2. The van der Waals surface area contributed by atoms with Gasteiger partial charge in [-0.25, -0.2) is 9.37 Å². The summed E-state index contributed by atoms with van der Waals surface area (Å²) in [5.41, 5.74) is 0.550. The first-order valence-electron chi connectivity index (χ1n) is 7.12. The van der Waals surface area contributed by atoms with Crippen molar-refractivity contribution in [3.8, 4) is 11.3 Å². The first-order chi connectivity index (χ1) is 11.6. The third-order valence-corrected chi connectivity index (χ3v) is 3.43. The van der Waals surface area contributed by atoms with Crippen molar-refractivity contribution in [3.63, 3.8) is 0 Å². The van der Waals surface area contributed by atoms with Gasteiger partial charge in [-0.3, -0.25) is 19.1 Å². The minimum atomic E-state index is -0.731. The molecule has 3 rings (SSSR count). The number of hydrogen-bond donors (Lipinski definition) is 1. The summed E-state index contributed by atoms with van der Waals surface area (Å²) in [5, 5.41) is 0. The van der Waals surface area contributed by atoms with Crippen molar-refractivity contribution in [1.29, 1.82) is 0 Å². The fraction of sp³-hybridized carbons (Fsp3) is 0.0588. The van der Waals surface area contributed by atoms with Gasteiger partial charge in [-0.05, 0) is 36.4 Å². The van der Waals surface area contributed by atoms with E-state index in [9.17, 15) is 14.0 Å². The summed E-state index contributed by atoms with van der Waals surface area (Å²) >= 11 is 0. The van der Waals surface area contributed by atoms with Gasteiger partial charge in [0.1, 0.15) is 5.82 Å². The van der Waals surface area contributed by atoms with Crippen LogP contribution in [0.5, 0.6) is 0 Å². The zero-order valence-electron chi connectivity index (χ0n) is 12.6. The maximum Gasteiger partial charge on any atom is 0.318 e. The maximum atomic E-state index is 13.1. The zero-order valence-corrected chi connectivity index (χ0v) is 12.6. The number of aromatic amines is 1. The Morgan fingerprint density at radius 2 is 1.96 bits per heavy atom. The topological polar surface area (TPSA) is 80.1 Å². The van der Waals surface area contributed by atoms with Crippen LogP contribution < -0.4 is 11.1 Å². The van der Waals surface area contributed by atoms with E-state index in [0.717, 1.165) is 0 Å². The molecule has 0 fully saturated rings. The first kappa shape index (κ1) is 15.5. The molecule has 7 heteroatoms. The van der Waals surface area contributed by atoms with Crippen LogP contribution in [0, 0.1) is 5.82 Å². The van der Waals surface area contributed by atoms with Gasteiger partial charge in [-0.1, -0.05) is 6.58 Å². The van der Waals surface area contributed by atoms with Gasteiger partial charge >= 0.3 is 11.1 Å². The van der Waals surface area contributed by atoms with Gasteiger partial charge in [0.05, 0.1) is 17.8 Å². The third-order valence-electron chi connectivity index (χ3n) is 3.43. The Kier molecular flexibility index (Phi) is 4.15. The van der Waals surface area contributed by atoms with E-state index >= 15 is 0 Å². The Hall–Kier alpha value is -3.35. The molecule has 0 saturated carbocycles. The number of pyridine rings is 1. The van der Waals surface area contributed by atoms with Gasteiger partial charge in [0.15, 0.2) is 5.65 Å². The summed E-state index contributed by atoms with van der Waals surface area (Å²) in [7, 11) is 0. The number of nitrogens with zero attached hydrogens (tertiary/aromatic N) is 3. The predicted molar refractivity (Wildman–Crippen MR) is 90.7 cm³/mol. The molecular weight excluding hydrogens is 311 g/mol. The molecule has 2 aromatic heterocycles. The van der Waals surface area contributed by atoms with Gasteiger partial charge < -0.3 is 4.98 Å². The highest BCUT2D eigenvalue weighted by atomic mass is 19.1. The Morgan fingerprint density at radius 1 is 1.21 bits per heavy atom. The average molecular weight is 324 g/mol. The van der Waals surface area contributed by atoms with Crippen LogP contribution in [0.2, 0.25) is 0 Å². The third kappa shape index (κ3) is 2.91. The number of halogens is 1. The Morgan fingerprint density at radius 3 is 2.67 bits per heavy atom. The van der Waals surface area contributed by atoms with Crippen molar-refractivity contribution in [3.05, 3.63) is 75.7 Å². The van der Waals surface area contributed by atoms with Crippen molar-refractivity contribution < 1.29 is 4.39 Å². The second kappa shape index (κ2) is 6.41. The quantitative estimate of drug-likeness (QED) is 0.589. The van der Waals surface area contributed by atoms with Gasteiger partial charge in [-0.15, -0.1) is 0 Å². The fourth-order valence-electron chi connectivity index (χ4n) is 2.30. The van der Waals surface area contributed by atoms with E-state index in [2.05, 4.69) is 21.5 Å². The monoisotopic (exact) mass is 324 g/mol. The molecule has 0 aliphatic rings. The summed E-state index contributed by atoms with van der Waals surface area (Å²) in [4.78, 5) is 34.6. The van der Waals surface area contributed by atoms with E-state index < -0.39 is 11.1 Å². The number of fused-ring (bicyclic) bond motifs is 1. The molecule has 0 spiro atoms. The van der Waals surface area contributed by atoms with Crippen LogP contribution in [0.25, 0.3) is 22.4 Å². The lowest BCUT2D eigenvalue weighted by Crippen LogP contribution is -2.37. The minimum absolute atomic E-state index is 0.0884. The summed E-state index contributed by atoms with van der Waals surface area (Å²) in [6.45, 7) is 3.54. The number of nitrogens with one attached hydrogen (secondary N) is 1. The zero-order chi connectivity index (χ0) is 17.1. The summed E-state index contributed by atoms with van der Waals surface area (Å²) in [5.74, 6) is -0.346. The van der Waals surface area contributed by atoms with Crippen molar-refractivity contribution in [1.82, 2.24) is 14.5 Å². The van der Waals surface area contributed by atoms with Crippen LogP contribution in [0.3, 0.4) is 0 Å². The highest BCUT2D eigenvalue weighted by Gasteiger charge is 2.10. The lowest BCUT2D eigenvalue weighted by Gasteiger charge is -2.08. The number of aromatic nitrogens is 3. The molecule has 0 unspecified atom stereocenters. The highest BCUT2D eigenvalue weighted by Crippen LogP contribution is 2.19. The highest BCUT2D eigenvalue weighted by molar-refractivity contribution is 5.75.